The average molecular weight is 501 g/mol. The van der Waals surface area contributed by atoms with Crippen LogP contribution >= 0.6 is 0 Å². The Morgan fingerprint density at radius 1 is 1.00 bits per heavy atom. The maximum absolute atomic E-state index is 13.1. The second-order valence-electron chi connectivity index (χ2n) is 7.82. The Bertz CT molecular complexity index is 1560. The molecule has 37 heavy (non-hydrogen) atoms. The van der Waals surface area contributed by atoms with Crippen molar-refractivity contribution in [2.75, 3.05) is 19.2 Å². The summed E-state index contributed by atoms with van der Waals surface area (Å²) in [5.41, 5.74) is 6.76. The zero-order valence-electron chi connectivity index (χ0n) is 19.3. The van der Waals surface area contributed by atoms with Crippen LogP contribution in [-0.2, 0) is 0 Å². The van der Waals surface area contributed by atoms with Gasteiger partial charge in [-0.05, 0) is 36.4 Å². The molecule has 1 aliphatic heterocycles. The molecule has 3 N–H and O–H groups in total. The van der Waals surface area contributed by atoms with E-state index in [-0.39, 0.29) is 29.5 Å². The zero-order valence-corrected chi connectivity index (χ0v) is 19.3. The number of pyridine rings is 1. The fraction of sp³-hybridized carbons (Fsp3) is 0.0800. The summed E-state index contributed by atoms with van der Waals surface area (Å²) in [7, 11) is 1.32. The highest BCUT2D eigenvalue weighted by Gasteiger charge is 2.19. The second-order valence-corrected chi connectivity index (χ2v) is 7.82. The number of hydrogen-bond donors (Lipinski definition) is 3. The first-order valence-corrected chi connectivity index (χ1v) is 10.9. The highest BCUT2D eigenvalue weighted by Crippen LogP contribution is 2.36. The molecule has 3 aromatic carbocycles. The Labute approximate surface area is 209 Å². The van der Waals surface area contributed by atoms with Gasteiger partial charge in [0.15, 0.2) is 11.5 Å². The Kier molecular flexibility index (Phi) is 6.12. The number of para-hydroxylation sites is 1. The molecular weight excluding hydrogens is 482 g/mol. The minimum atomic E-state index is -0.783. The third kappa shape index (κ3) is 4.75. The maximum Gasteiger partial charge on any atom is 0.338 e. The van der Waals surface area contributed by atoms with Gasteiger partial charge in [-0.3, -0.25) is 20.3 Å². The lowest BCUT2D eigenvalue weighted by Crippen LogP contribution is -2.44. The Morgan fingerprint density at radius 2 is 1.81 bits per heavy atom. The number of rotatable bonds is 5. The molecule has 5 rings (SSSR count). The van der Waals surface area contributed by atoms with Gasteiger partial charge in [0, 0.05) is 17.0 Å². The summed E-state index contributed by atoms with van der Waals surface area (Å²) in [6.45, 7) is 0.136. The molecule has 12 nitrogen and oxygen atoms in total. The molecule has 0 aliphatic carbocycles. The van der Waals surface area contributed by atoms with E-state index < -0.39 is 16.9 Å². The first-order chi connectivity index (χ1) is 17.9. The molecule has 186 valence electrons. The van der Waals surface area contributed by atoms with Gasteiger partial charge in [-0.15, -0.1) is 0 Å². The minimum Gasteiger partial charge on any atom is -0.494 e. The summed E-state index contributed by atoms with van der Waals surface area (Å²) >= 11 is 0. The molecule has 0 spiro atoms. The van der Waals surface area contributed by atoms with Crippen LogP contribution in [0.4, 0.5) is 16.2 Å². The first-order valence-electron chi connectivity index (χ1n) is 10.9. The summed E-state index contributed by atoms with van der Waals surface area (Å²) in [6.07, 6.45) is 0. The minimum absolute atomic E-state index is 0.0872. The van der Waals surface area contributed by atoms with Gasteiger partial charge in [-0.1, -0.05) is 18.2 Å². The van der Waals surface area contributed by atoms with Crippen LogP contribution in [0.3, 0.4) is 0 Å². The standard InChI is InChI=1S/C25H19N5O7/c1-35-22-11-15(30(33)34)7-8-19(22)27-25(32)29-28-24(31)17-12-20(26-18-5-3-2-4-16(17)18)14-6-9-21-23(10-14)37-13-36-21/h2-12H,13H2,1H3,(H,28,31)(H2,27,29,32). The van der Waals surface area contributed by atoms with Crippen molar-refractivity contribution in [2.24, 2.45) is 0 Å². The number of amides is 3. The van der Waals surface area contributed by atoms with Gasteiger partial charge in [0.25, 0.3) is 11.6 Å². The van der Waals surface area contributed by atoms with Crippen LogP contribution in [0.15, 0.2) is 66.7 Å². The van der Waals surface area contributed by atoms with Crippen LogP contribution < -0.4 is 30.4 Å². The summed E-state index contributed by atoms with van der Waals surface area (Å²) in [6, 6.07) is 17.0. The highest BCUT2D eigenvalue weighted by molar-refractivity contribution is 6.08. The molecular formula is C25H19N5O7. The molecule has 3 amide bonds. The van der Waals surface area contributed by atoms with E-state index in [1.165, 1.54) is 25.3 Å². The fourth-order valence-corrected chi connectivity index (χ4v) is 3.80. The highest BCUT2D eigenvalue weighted by atomic mass is 16.7. The van der Waals surface area contributed by atoms with Crippen molar-refractivity contribution >= 4 is 34.2 Å². The monoisotopic (exact) mass is 501 g/mol. The van der Waals surface area contributed by atoms with Crippen LogP contribution in [0.5, 0.6) is 17.2 Å². The van der Waals surface area contributed by atoms with Crippen molar-refractivity contribution in [2.45, 2.75) is 0 Å². The smallest absolute Gasteiger partial charge is 0.338 e. The molecule has 12 heteroatoms. The Balaban J connectivity index is 1.36. The number of methoxy groups -OCH3 is 1. The van der Waals surface area contributed by atoms with Crippen LogP contribution in [0, 0.1) is 10.1 Å². The molecule has 0 fully saturated rings. The number of hydrazine groups is 1. The number of nitrogens with zero attached hydrogens (tertiary/aromatic N) is 2. The Hall–Kier alpha value is -5.39. The third-order valence-corrected chi connectivity index (χ3v) is 5.56. The average Bonchev–Trinajstić information content (AvgIpc) is 3.39. The lowest BCUT2D eigenvalue weighted by atomic mass is 10.0. The molecule has 0 saturated heterocycles. The third-order valence-electron chi connectivity index (χ3n) is 5.56. The van der Waals surface area contributed by atoms with Gasteiger partial charge in [-0.25, -0.2) is 15.2 Å². The van der Waals surface area contributed by atoms with Crippen molar-refractivity contribution in [1.82, 2.24) is 15.8 Å². The predicted octanol–water partition coefficient (Wildman–Crippen LogP) is 4.01. The van der Waals surface area contributed by atoms with E-state index in [9.17, 15) is 19.7 Å². The number of hydrogen-bond acceptors (Lipinski definition) is 8. The Morgan fingerprint density at radius 3 is 2.62 bits per heavy atom. The van der Waals surface area contributed by atoms with Crippen molar-refractivity contribution in [3.05, 3.63) is 82.4 Å². The number of non-ortho nitro benzene ring substituents is 1. The van der Waals surface area contributed by atoms with E-state index in [1.54, 1.807) is 36.4 Å². The number of nitrogens with one attached hydrogen (secondary N) is 3. The van der Waals surface area contributed by atoms with E-state index in [2.05, 4.69) is 21.2 Å². The number of carbonyl (C=O) groups excluding carboxylic acids is 2. The quantitative estimate of drug-likeness (QED) is 0.274. The van der Waals surface area contributed by atoms with Crippen molar-refractivity contribution in [3.8, 4) is 28.5 Å². The number of fused-ring (bicyclic) bond motifs is 2. The molecule has 1 aromatic heterocycles. The van der Waals surface area contributed by atoms with E-state index in [1.807, 2.05) is 12.1 Å². The molecule has 0 saturated carbocycles. The normalized spacial score (nSPS) is 11.6. The van der Waals surface area contributed by atoms with Crippen molar-refractivity contribution in [3.63, 3.8) is 0 Å². The molecule has 1 aliphatic rings. The van der Waals surface area contributed by atoms with E-state index in [4.69, 9.17) is 14.2 Å². The van der Waals surface area contributed by atoms with E-state index in [0.717, 1.165) is 5.56 Å². The molecule has 0 radical (unpaired) electrons. The van der Waals surface area contributed by atoms with Crippen molar-refractivity contribution in [1.29, 1.82) is 0 Å². The maximum atomic E-state index is 13.1. The van der Waals surface area contributed by atoms with Gasteiger partial charge in [0.05, 0.1) is 40.6 Å². The van der Waals surface area contributed by atoms with E-state index in [0.29, 0.717) is 28.1 Å². The predicted molar refractivity (Wildman–Crippen MR) is 133 cm³/mol. The number of nitro benzene ring substituents is 1. The van der Waals surface area contributed by atoms with Gasteiger partial charge >= 0.3 is 6.03 Å². The number of anilines is 1. The van der Waals surface area contributed by atoms with Gasteiger partial charge in [0.1, 0.15) is 5.75 Å². The zero-order chi connectivity index (χ0) is 25.9. The summed E-state index contributed by atoms with van der Waals surface area (Å²) in [5, 5.41) is 14.0. The van der Waals surface area contributed by atoms with E-state index >= 15 is 0 Å². The number of carbonyl (C=O) groups is 2. The lowest BCUT2D eigenvalue weighted by Gasteiger charge is -2.13. The fourth-order valence-electron chi connectivity index (χ4n) is 3.80. The van der Waals surface area contributed by atoms with Gasteiger partial charge < -0.3 is 19.5 Å². The number of benzene rings is 3. The van der Waals surface area contributed by atoms with Gasteiger partial charge in [-0.2, -0.15) is 0 Å². The van der Waals surface area contributed by atoms with Crippen LogP contribution in [0.25, 0.3) is 22.2 Å². The second kappa shape index (κ2) is 9.70. The molecule has 4 aromatic rings. The lowest BCUT2D eigenvalue weighted by molar-refractivity contribution is -0.384. The summed E-state index contributed by atoms with van der Waals surface area (Å²) < 4.78 is 15.9. The van der Waals surface area contributed by atoms with Crippen molar-refractivity contribution < 1.29 is 28.7 Å². The number of ether oxygens (including phenoxy) is 3. The van der Waals surface area contributed by atoms with Crippen LogP contribution in [-0.4, -0.2) is 35.7 Å². The number of aromatic nitrogens is 1. The molecule has 0 unspecified atom stereocenters. The molecule has 0 bridgehead atoms. The number of nitro groups is 1. The topological polar surface area (TPSA) is 154 Å². The number of urea groups is 1. The van der Waals surface area contributed by atoms with Gasteiger partial charge in [0.2, 0.25) is 6.79 Å². The molecule has 0 atom stereocenters. The summed E-state index contributed by atoms with van der Waals surface area (Å²) in [5.74, 6) is 0.719. The van der Waals surface area contributed by atoms with Crippen LogP contribution in [0.1, 0.15) is 10.4 Å². The molecule has 2 heterocycles. The SMILES string of the molecule is COc1cc([N+](=O)[O-])ccc1NC(=O)NNC(=O)c1cc(-c2ccc3c(c2)OCO3)nc2ccccc12. The summed E-state index contributed by atoms with van der Waals surface area (Å²) in [4.78, 5) is 40.6. The largest absolute Gasteiger partial charge is 0.494 e. The van der Waals surface area contributed by atoms with Crippen LogP contribution in [0.2, 0.25) is 0 Å². The first kappa shape index (κ1) is 23.4.